The summed E-state index contributed by atoms with van der Waals surface area (Å²) in [6.07, 6.45) is 0. The maximum atomic E-state index is 14.1. The molecule has 1 saturated heterocycles. The number of hydrogen-bond acceptors (Lipinski definition) is 6. The van der Waals surface area contributed by atoms with Gasteiger partial charge in [0, 0.05) is 31.7 Å². The van der Waals surface area contributed by atoms with Crippen molar-refractivity contribution in [2.24, 2.45) is 0 Å². The Balaban J connectivity index is 1.45. The molecule has 1 aliphatic heterocycles. The van der Waals surface area contributed by atoms with Gasteiger partial charge in [-0.3, -0.25) is 4.79 Å². The number of hydrogen-bond donors (Lipinski definition) is 0. The second-order valence-electron chi connectivity index (χ2n) is 7.22. The van der Waals surface area contributed by atoms with Gasteiger partial charge in [-0.15, -0.1) is 10.2 Å². The van der Waals surface area contributed by atoms with Gasteiger partial charge in [0.1, 0.15) is 17.3 Å². The molecular weight excluding hydrogens is 435 g/mol. The highest BCUT2D eigenvalue weighted by Gasteiger charge is 2.26. The summed E-state index contributed by atoms with van der Waals surface area (Å²) in [7, 11) is 3.20. The molecule has 166 valence electrons. The summed E-state index contributed by atoms with van der Waals surface area (Å²) in [5.74, 6) is 1.06. The number of carbonyl (C=O) groups is 1. The van der Waals surface area contributed by atoms with Crippen LogP contribution in [0.4, 0.5) is 10.2 Å². The molecule has 0 saturated carbocycles. The highest BCUT2D eigenvalue weighted by atomic mass is 35.5. The Kier molecular flexibility index (Phi) is 6.41. The standard InChI is InChI=1S/C23H22ClFN4O3/c1-31-15-6-8-20(32-2)16(14-15)19-7-9-21(27-26-19)28-10-12-29(13-11-28)23(30)22-17(24)4-3-5-18(22)25/h3-9,14H,10-13H2,1-2H3. The lowest BCUT2D eigenvalue weighted by molar-refractivity contribution is 0.0742. The van der Waals surface area contributed by atoms with Gasteiger partial charge in [-0.2, -0.15) is 0 Å². The third-order valence-corrected chi connectivity index (χ3v) is 5.72. The lowest BCUT2D eigenvalue weighted by Crippen LogP contribution is -2.49. The maximum absolute atomic E-state index is 14.1. The first-order valence-electron chi connectivity index (χ1n) is 10.1. The Morgan fingerprint density at radius 1 is 1.00 bits per heavy atom. The molecule has 2 aromatic carbocycles. The van der Waals surface area contributed by atoms with Crippen LogP contribution in [0.1, 0.15) is 10.4 Å². The summed E-state index contributed by atoms with van der Waals surface area (Å²) in [5.41, 5.74) is 1.36. The minimum Gasteiger partial charge on any atom is -0.497 e. The molecule has 0 bridgehead atoms. The molecule has 3 aromatic rings. The molecule has 0 unspecified atom stereocenters. The van der Waals surface area contributed by atoms with Crippen LogP contribution in [-0.2, 0) is 0 Å². The second kappa shape index (κ2) is 9.40. The fourth-order valence-electron chi connectivity index (χ4n) is 3.65. The molecular formula is C23H22ClFN4O3. The summed E-state index contributed by atoms with van der Waals surface area (Å²) < 4.78 is 24.8. The summed E-state index contributed by atoms with van der Waals surface area (Å²) in [6, 6.07) is 13.5. The Morgan fingerprint density at radius 2 is 1.78 bits per heavy atom. The van der Waals surface area contributed by atoms with Crippen LogP contribution < -0.4 is 14.4 Å². The van der Waals surface area contributed by atoms with Crippen molar-refractivity contribution in [3.05, 3.63) is 64.9 Å². The van der Waals surface area contributed by atoms with Crippen molar-refractivity contribution in [2.75, 3.05) is 45.3 Å². The molecule has 1 aromatic heterocycles. The van der Waals surface area contributed by atoms with Gasteiger partial charge in [-0.1, -0.05) is 17.7 Å². The molecule has 1 aliphatic rings. The van der Waals surface area contributed by atoms with Crippen LogP contribution in [0.2, 0.25) is 5.02 Å². The summed E-state index contributed by atoms with van der Waals surface area (Å²) in [6.45, 7) is 1.95. The zero-order chi connectivity index (χ0) is 22.7. The Labute approximate surface area is 190 Å². The van der Waals surface area contributed by atoms with Gasteiger partial charge in [0.25, 0.3) is 5.91 Å². The molecule has 0 radical (unpaired) electrons. The van der Waals surface area contributed by atoms with Crippen molar-refractivity contribution in [3.8, 4) is 22.8 Å². The van der Waals surface area contributed by atoms with Crippen LogP contribution in [0.25, 0.3) is 11.3 Å². The number of piperazine rings is 1. The average Bonchev–Trinajstić information content (AvgIpc) is 2.83. The largest absolute Gasteiger partial charge is 0.497 e. The van der Waals surface area contributed by atoms with E-state index in [0.29, 0.717) is 49.2 Å². The lowest BCUT2D eigenvalue weighted by Gasteiger charge is -2.35. The predicted octanol–water partition coefficient (Wildman–Crippen LogP) is 3.92. The quantitative estimate of drug-likeness (QED) is 0.579. The van der Waals surface area contributed by atoms with Crippen molar-refractivity contribution in [1.29, 1.82) is 0 Å². The van der Waals surface area contributed by atoms with E-state index in [2.05, 4.69) is 10.2 Å². The van der Waals surface area contributed by atoms with Crippen LogP contribution in [0.15, 0.2) is 48.5 Å². The molecule has 0 aliphatic carbocycles. The number of benzene rings is 2. The van der Waals surface area contributed by atoms with E-state index in [0.717, 1.165) is 5.56 Å². The molecule has 2 heterocycles. The topological polar surface area (TPSA) is 67.8 Å². The van der Waals surface area contributed by atoms with Crippen molar-refractivity contribution < 1.29 is 18.7 Å². The molecule has 0 atom stereocenters. The molecule has 7 nitrogen and oxygen atoms in total. The van der Waals surface area contributed by atoms with E-state index in [1.54, 1.807) is 19.1 Å². The summed E-state index contributed by atoms with van der Waals surface area (Å²) in [4.78, 5) is 16.4. The van der Waals surface area contributed by atoms with E-state index < -0.39 is 11.7 Å². The van der Waals surface area contributed by atoms with E-state index in [-0.39, 0.29) is 10.6 Å². The number of rotatable bonds is 5. The number of methoxy groups -OCH3 is 2. The number of ether oxygens (including phenoxy) is 2. The number of halogens is 2. The molecule has 0 spiro atoms. The Bertz CT molecular complexity index is 1100. The minimum atomic E-state index is -0.612. The number of aromatic nitrogens is 2. The smallest absolute Gasteiger partial charge is 0.258 e. The maximum Gasteiger partial charge on any atom is 0.258 e. The van der Waals surface area contributed by atoms with Crippen molar-refractivity contribution >= 4 is 23.3 Å². The molecule has 1 amide bonds. The Hall–Kier alpha value is -3.39. The first kappa shape index (κ1) is 21.8. The van der Waals surface area contributed by atoms with E-state index >= 15 is 0 Å². The van der Waals surface area contributed by atoms with E-state index in [9.17, 15) is 9.18 Å². The third kappa shape index (κ3) is 4.31. The molecule has 32 heavy (non-hydrogen) atoms. The average molecular weight is 457 g/mol. The highest BCUT2D eigenvalue weighted by Crippen LogP contribution is 2.32. The lowest BCUT2D eigenvalue weighted by atomic mass is 10.1. The van der Waals surface area contributed by atoms with Gasteiger partial charge >= 0.3 is 0 Å². The van der Waals surface area contributed by atoms with Gasteiger partial charge in [-0.05, 0) is 42.5 Å². The van der Waals surface area contributed by atoms with E-state index in [1.165, 1.54) is 18.2 Å². The van der Waals surface area contributed by atoms with Gasteiger partial charge in [0.2, 0.25) is 0 Å². The van der Waals surface area contributed by atoms with Gasteiger partial charge in [0.05, 0.1) is 30.5 Å². The molecule has 0 N–H and O–H groups in total. The minimum absolute atomic E-state index is 0.0843. The van der Waals surface area contributed by atoms with Crippen molar-refractivity contribution in [3.63, 3.8) is 0 Å². The van der Waals surface area contributed by atoms with Crippen molar-refractivity contribution in [1.82, 2.24) is 15.1 Å². The van der Waals surface area contributed by atoms with Crippen molar-refractivity contribution in [2.45, 2.75) is 0 Å². The highest BCUT2D eigenvalue weighted by molar-refractivity contribution is 6.33. The Morgan fingerprint density at radius 3 is 2.41 bits per heavy atom. The number of anilines is 1. The van der Waals surface area contributed by atoms with Crippen LogP contribution in [0.5, 0.6) is 11.5 Å². The first-order chi connectivity index (χ1) is 15.5. The molecule has 1 fully saturated rings. The third-order valence-electron chi connectivity index (χ3n) is 5.40. The number of carbonyl (C=O) groups excluding carboxylic acids is 1. The normalized spacial score (nSPS) is 13.8. The zero-order valence-electron chi connectivity index (χ0n) is 17.7. The van der Waals surface area contributed by atoms with Crippen LogP contribution in [0.3, 0.4) is 0 Å². The van der Waals surface area contributed by atoms with E-state index in [1.807, 2.05) is 35.2 Å². The fourth-order valence-corrected chi connectivity index (χ4v) is 3.89. The summed E-state index contributed by atoms with van der Waals surface area (Å²) >= 11 is 6.04. The molecule has 9 heteroatoms. The number of amides is 1. The fraction of sp³-hybridized carbons (Fsp3) is 0.261. The second-order valence-corrected chi connectivity index (χ2v) is 7.63. The van der Waals surface area contributed by atoms with Gasteiger partial charge in [-0.25, -0.2) is 4.39 Å². The van der Waals surface area contributed by atoms with Gasteiger partial charge < -0.3 is 19.3 Å². The molecule has 4 rings (SSSR count). The van der Waals surface area contributed by atoms with Gasteiger partial charge in [0.15, 0.2) is 5.82 Å². The SMILES string of the molecule is COc1ccc(OC)c(-c2ccc(N3CCN(C(=O)c4c(F)cccc4Cl)CC3)nn2)c1. The van der Waals surface area contributed by atoms with Crippen LogP contribution >= 0.6 is 11.6 Å². The zero-order valence-corrected chi connectivity index (χ0v) is 18.5. The van der Waals surface area contributed by atoms with Crippen LogP contribution in [-0.4, -0.2) is 61.4 Å². The monoisotopic (exact) mass is 456 g/mol. The van der Waals surface area contributed by atoms with Crippen LogP contribution in [0, 0.1) is 5.82 Å². The predicted molar refractivity (Wildman–Crippen MR) is 120 cm³/mol. The number of nitrogens with zero attached hydrogens (tertiary/aromatic N) is 4. The first-order valence-corrected chi connectivity index (χ1v) is 10.4. The van der Waals surface area contributed by atoms with E-state index in [4.69, 9.17) is 21.1 Å². The summed E-state index contributed by atoms with van der Waals surface area (Å²) in [5, 5.41) is 8.84.